The first-order valence-corrected chi connectivity index (χ1v) is 10.5. The van der Waals surface area contributed by atoms with E-state index < -0.39 is 0 Å². The van der Waals surface area contributed by atoms with Gasteiger partial charge >= 0.3 is 0 Å². The second-order valence-corrected chi connectivity index (χ2v) is 8.25. The highest BCUT2D eigenvalue weighted by molar-refractivity contribution is 7.09. The van der Waals surface area contributed by atoms with E-state index in [2.05, 4.69) is 25.6 Å². The molecule has 1 fully saturated rings. The molecule has 4 rings (SSSR count). The summed E-state index contributed by atoms with van der Waals surface area (Å²) in [5, 5.41) is 11.4. The van der Waals surface area contributed by atoms with Gasteiger partial charge in [-0.25, -0.2) is 14.1 Å². The minimum Gasteiger partial charge on any atom is -0.336 e. The van der Waals surface area contributed by atoms with Crippen molar-refractivity contribution in [2.45, 2.75) is 26.8 Å². The van der Waals surface area contributed by atoms with Crippen molar-refractivity contribution in [3.05, 3.63) is 57.6 Å². The van der Waals surface area contributed by atoms with Gasteiger partial charge in [0.2, 0.25) is 0 Å². The molecule has 0 unspecified atom stereocenters. The van der Waals surface area contributed by atoms with Gasteiger partial charge in [-0.2, -0.15) is 0 Å². The van der Waals surface area contributed by atoms with E-state index in [4.69, 9.17) is 0 Å². The van der Waals surface area contributed by atoms with Crippen molar-refractivity contribution in [1.29, 1.82) is 0 Å². The Kier molecular flexibility index (Phi) is 5.68. The predicted octanol–water partition coefficient (Wildman–Crippen LogP) is 2.83. The Balaban J connectivity index is 1.44. The molecule has 0 N–H and O–H groups in total. The summed E-state index contributed by atoms with van der Waals surface area (Å²) in [5.74, 6) is -0.424. The van der Waals surface area contributed by atoms with Gasteiger partial charge in [0, 0.05) is 38.1 Å². The van der Waals surface area contributed by atoms with Crippen molar-refractivity contribution in [3.63, 3.8) is 0 Å². The van der Waals surface area contributed by atoms with Gasteiger partial charge < -0.3 is 4.90 Å². The number of nitrogens with zero attached hydrogens (tertiary/aromatic N) is 6. The zero-order chi connectivity index (χ0) is 20.4. The number of aromatic nitrogens is 4. The maximum atomic E-state index is 13.2. The van der Waals surface area contributed by atoms with E-state index in [1.165, 1.54) is 12.1 Å². The number of carbonyl (C=O) groups excluding carboxylic acids is 1. The maximum absolute atomic E-state index is 13.2. The Labute approximate surface area is 172 Å². The minimum atomic E-state index is -0.315. The van der Waals surface area contributed by atoms with Crippen LogP contribution in [-0.4, -0.2) is 61.9 Å². The van der Waals surface area contributed by atoms with Crippen LogP contribution >= 0.6 is 11.3 Å². The van der Waals surface area contributed by atoms with Gasteiger partial charge in [0.05, 0.1) is 22.1 Å². The van der Waals surface area contributed by atoms with Crippen molar-refractivity contribution >= 4 is 17.2 Å². The van der Waals surface area contributed by atoms with E-state index in [9.17, 15) is 9.18 Å². The molecule has 0 atom stereocenters. The van der Waals surface area contributed by atoms with Crippen molar-refractivity contribution in [3.8, 4) is 5.69 Å². The standard InChI is InChI=1S/C20H23FN6OS/c1-14-19(23-24-27(14)18-6-4-16(21)5-7-18)20(28)26-9-3-8-25(10-11-26)12-17-13-29-15(2)22-17/h4-7,13H,3,8-12H2,1-2H3. The van der Waals surface area contributed by atoms with Crippen molar-refractivity contribution in [2.24, 2.45) is 0 Å². The predicted molar refractivity (Wildman–Crippen MR) is 109 cm³/mol. The molecule has 3 aromatic rings. The molecule has 7 nitrogen and oxygen atoms in total. The Hall–Kier alpha value is -2.65. The Morgan fingerprint density at radius 1 is 1.14 bits per heavy atom. The highest BCUT2D eigenvalue weighted by atomic mass is 32.1. The third-order valence-corrected chi connectivity index (χ3v) is 5.92. The average Bonchev–Trinajstić information content (AvgIpc) is 3.20. The molecule has 29 heavy (non-hydrogen) atoms. The lowest BCUT2D eigenvalue weighted by atomic mass is 10.2. The number of rotatable bonds is 4. The summed E-state index contributed by atoms with van der Waals surface area (Å²) in [6.07, 6.45) is 0.903. The first-order valence-electron chi connectivity index (χ1n) is 9.62. The minimum absolute atomic E-state index is 0.109. The summed E-state index contributed by atoms with van der Waals surface area (Å²) >= 11 is 1.66. The van der Waals surface area contributed by atoms with Crippen molar-refractivity contribution in [1.82, 2.24) is 29.8 Å². The summed E-state index contributed by atoms with van der Waals surface area (Å²) in [4.78, 5) is 21.8. The first-order chi connectivity index (χ1) is 14.0. The number of carbonyl (C=O) groups is 1. The molecule has 1 amide bonds. The quantitative estimate of drug-likeness (QED) is 0.657. The Morgan fingerprint density at radius 2 is 1.93 bits per heavy atom. The Morgan fingerprint density at radius 3 is 2.66 bits per heavy atom. The van der Waals surface area contributed by atoms with Crippen LogP contribution in [0, 0.1) is 19.7 Å². The Bertz CT molecular complexity index is 999. The molecule has 9 heteroatoms. The fourth-order valence-corrected chi connectivity index (χ4v) is 4.15. The van der Waals surface area contributed by atoms with Crippen LogP contribution < -0.4 is 0 Å². The van der Waals surface area contributed by atoms with Gasteiger partial charge in [0.15, 0.2) is 5.69 Å². The van der Waals surface area contributed by atoms with Crippen LogP contribution in [0.15, 0.2) is 29.6 Å². The van der Waals surface area contributed by atoms with E-state index in [1.807, 2.05) is 18.7 Å². The van der Waals surface area contributed by atoms with Crippen LogP contribution in [0.25, 0.3) is 5.69 Å². The molecule has 0 bridgehead atoms. The summed E-state index contributed by atoms with van der Waals surface area (Å²) in [5.41, 5.74) is 2.76. The highest BCUT2D eigenvalue weighted by Gasteiger charge is 2.25. The number of hydrogen-bond acceptors (Lipinski definition) is 6. The molecule has 0 radical (unpaired) electrons. The SMILES string of the molecule is Cc1nc(CN2CCCN(C(=O)c3nnn(-c4ccc(F)cc4)c3C)CC2)cs1. The summed E-state index contributed by atoms with van der Waals surface area (Å²) < 4.78 is 14.7. The lowest BCUT2D eigenvalue weighted by Gasteiger charge is -2.21. The molecule has 1 aromatic carbocycles. The molecule has 2 aromatic heterocycles. The molecule has 0 spiro atoms. The lowest BCUT2D eigenvalue weighted by Crippen LogP contribution is -2.35. The van der Waals surface area contributed by atoms with Gasteiger partial charge in [-0.15, -0.1) is 16.4 Å². The molecular weight excluding hydrogens is 391 g/mol. The summed E-state index contributed by atoms with van der Waals surface area (Å²) in [6.45, 7) is 7.70. The van der Waals surface area contributed by atoms with E-state index in [-0.39, 0.29) is 11.7 Å². The zero-order valence-corrected chi connectivity index (χ0v) is 17.3. The third kappa shape index (κ3) is 4.35. The average molecular weight is 415 g/mol. The monoisotopic (exact) mass is 414 g/mol. The van der Waals surface area contributed by atoms with Gasteiger partial charge in [0.1, 0.15) is 5.82 Å². The van der Waals surface area contributed by atoms with Crippen molar-refractivity contribution in [2.75, 3.05) is 26.2 Å². The molecule has 0 saturated carbocycles. The van der Waals surface area contributed by atoms with E-state index in [0.717, 1.165) is 36.8 Å². The number of amides is 1. The largest absolute Gasteiger partial charge is 0.336 e. The van der Waals surface area contributed by atoms with E-state index in [1.54, 1.807) is 28.2 Å². The normalized spacial score (nSPS) is 15.5. The number of halogens is 1. The fraction of sp³-hybridized carbons (Fsp3) is 0.400. The van der Waals surface area contributed by atoms with Crippen LogP contribution in [0.5, 0.6) is 0 Å². The number of aryl methyl sites for hydroxylation is 1. The molecule has 0 aliphatic carbocycles. The lowest BCUT2D eigenvalue weighted by molar-refractivity contribution is 0.0754. The first kappa shape index (κ1) is 19.7. The van der Waals surface area contributed by atoms with E-state index >= 15 is 0 Å². The van der Waals surface area contributed by atoms with Crippen LogP contribution in [0.4, 0.5) is 4.39 Å². The number of hydrogen-bond donors (Lipinski definition) is 0. The second kappa shape index (κ2) is 8.38. The summed E-state index contributed by atoms with van der Waals surface area (Å²) in [6, 6.07) is 5.97. The maximum Gasteiger partial charge on any atom is 0.276 e. The molecule has 1 aliphatic rings. The fourth-order valence-electron chi connectivity index (χ4n) is 3.55. The number of benzene rings is 1. The highest BCUT2D eigenvalue weighted by Crippen LogP contribution is 2.17. The van der Waals surface area contributed by atoms with Gasteiger partial charge in [-0.05, 0) is 44.5 Å². The van der Waals surface area contributed by atoms with Crippen LogP contribution in [0.2, 0.25) is 0 Å². The topological polar surface area (TPSA) is 67.2 Å². The van der Waals surface area contributed by atoms with Crippen molar-refractivity contribution < 1.29 is 9.18 Å². The van der Waals surface area contributed by atoms with Gasteiger partial charge in [0.25, 0.3) is 5.91 Å². The third-order valence-electron chi connectivity index (χ3n) is 5.10. The van der Waals surface area contributed by atoms with Gasteiger partial charge in [-0.1, -0.05) is 5.21 Å². The van der Waals surface area contributed by atoms with Gasteiger partial charge in [-0.3, -0.25) is 9.69 Å². The van der Waals surface area contributed by atoms with Crippen LogP contribution in [0.3, 0.4) is 0 Å². The molecule has 1 saturated heterocycles. The van der Waals surface area contributed by atoms with Crippen LogP contribution in [-0.2, 0) is 6.54 Å². The molecular formula is C20H23FN6OS. The molecule has 152 valence electrons. The molecule has 1 aliphatic heterocycles. The smallest absolute Gasteiger partial charge is 0.276 e. The van der Waals surface area contributed by atoms with Crippen LogP contribution in [0.1, 0.15) is 33.3 Å². The second-order valence-electron chi connectivity index (χ2n) is 7.19. The van der Waals surface area contributed by atoms with E-state index in [0.29, 0.717) is 30.2 Å². The zero-order valence-electron chi connectivity index (χ0n) is 16.5. The number of thiazole rings is 1. The summed E-state index contributed by atoms with van der Waals surface area (Å²) in [7, 11) is 0. The molecule has 3 heterocycles.